The Bertz CT molecular complexity index is 1430. The van der Waals surface area contributed by atoms with Crippen molar-refractivity contribution >= 4 is 17.9 Å². The van der Waals surface area contributed by atoms with Crippen molar-refractivity contribution in [2.24, 2.45) is 0 Å². The third-order valence-electron chi connectivity index (χ3n) is 10.0. The zero-order valence-corrected chi connectivity index (χ0v) is 40.7. The summed E-state index contributed by atoms with van der Waals surface area (Å²) in [5.74, 6) is -0.994. The molecule has 0 aromatic heterocycles. The van der Waals surface area contributed by atoms with Crippen molar-refractivity contribution in [1.82, 2.24) is 0 Å². The first-order chi connectivity index (χ1) is 31.5. The zero-order chi connectivity index (χ0) is 46.5. The van der Waals surface area contributed by atoms with Gasteiger partial charge in [0.25, 0.3) is 0 Å². The standard InChI is InChI=1S/C58H90O6/c1-4-7-10-13-16-19-22-25-27-28-29-30-32-33-36-39-42-45-48-51-57(60)63-54-55(53-62-56(59)50-47-44-41-38-35-24-21-18-15-12-9-6-3)64-58(61)52-49-46-43-40-37-34-31-26-23-20-17-14-11-8-5-2/h7-12,14,16-21,23,25-27,29-31,34,37,55H,4-6,13,15,22,24,28,32-33,35-36,38-54H2,1-3H3/b10-7-,11-8-,12-9-,17-14-,19-16-,21-18-,23-20-,27-25-,30-29-,31-26-,37-34-. The van der Waals surface area contributed by atoms with E-state index in [1.54, 1.807) is 0 Å². The number of ether oxygens (including phenoxy) is 3. The minimum atomic E-state index is -0.817. The highest BCUT2D eigenvalue weighted by molar-refractivity contribution is 5.71. The van der Waals surface area contributed by atoms with Crippen molar-refractivity contribution in [2.75, 3.05) is 13.2 Å². The van der Waals surface area contributed by atoms with Gasteiger partial charge < -0.3 is 14.2 Å². The lowest BCUT2D eigenvalue weighted by Crippen LogP contribution is -2.30. The van der Waals surface area contributed by atoms with Gasteiger partial charge in [0.1, 0.15) is 13.2 Å². The summed E-state index contributed by atoms with van der Waals surface area (Å²) in [5.41, 5.74) is 0. The second-order valence-corrected chi connectivity index (χ2v) is 16.1. The number of carbonyl (C=O) groups is 3. The van der Waals surface area contributed by atoms with Crippen molar-refractivity contribution in [3.63, 3.8) is 0 Å². The van der Waals surface area contributed by atoms with Crippen LogP contribution in [0, 0.1) is 0 Å². The molecule has 1 unspecified atom stereocenters. The zero-order valence-electron chi connectivity index (χ0n) is 40.7. The first-order valence-electron chi connectivity index (χ1n) is 25.3. The normalized spacial score (nSPS) is 13.2. The van der Waals surface area contributed by atoms with Crippen LogP contribution in [0.1, 0.15) is 194 Å². The number of rotatable bonds is 43. The molecule has 0 spiro atoms. The van der Waals surface area contributed by atoms with Crippen LogP contribution in [0.15, 0.2) is 134 Å². The van der Waals surface area contributed by atoms with E-state index in [-0.39, 0.29) is 37.5 Å². The van der Waals surface area contributed by atoms with Crippen LogP contribution in [0.4, 0.5) is 0 Å². The fourth-order valence-electron chi connectivity index (χ4n) is 6.31. The summed E-state index contributed by atoms with van der Waals surface area (Å²) in [7, 11) is 0. The van der Waals surface area contributed by atoms with Gasteiger partial charge in [-0.1, -0.05) is 206 Å². The third-order valence-corrected chi connectivity index (χ3v) is 10.0. The second-order valence-electron chi connectivity index (χ2n) is 16.1. The molecule has 6 nitrogen and oxygen atoms in total. The Kier molecular flexibility index (Phi) is 47.6. The van der Waals surface area contributed by atoms with Gasteiger partial charge in [0.15, 0.2) is 6.10 Å². The topological polar surface area (TPSA) is 78.9 Å². The van der Waals surface area contributed by atoms with Gasteiger partial charge in [-0.15, -0.1) is 0 Å². The van der Waals surface area contributed by atoms with Crippen LogP contribution < -0.4 is 0 Å². The summed E-state index contributed by atoms with van der Waals surface area (Å²) in [6, 6.07) is 0. The lowest BCUT2D eigenvalue weighted by atomic mass is 10.1. The molecule has 1 atom stereocenters. The molecule has 0 aliphatic carbocycles. The molecule has 0 saturated carbocycles. The Hall–Kier alpha value is -4.45. The van der Waals surface area contributed by atoms with Gasteiger partial charge in [-0.05, 0) is 103 Å². The van der Waals surface area contributed by atoms with Crippen molar-refractivity contribution in [3.05, 3.63) is 134 Å². The Morgan fingerprint density at radius 3 is 1.08 bits per heavy atom. The molecule has 0 heterocycles. The first-order valence-corrected chi connectivity index (χ1v) is 25.3. The van der Waals surface area contributed by atoms with Crippen LogP contribution in [0.3, 0.4) is 0 Å². The minimum absolute atomic E-state index is 0.113. The summed E-state index contributed by atoms with van der Waals surface area (Å²) in [6.45, 7) is 6.18. The lowest BCUT2D eigenvalue weighted by molar-refractivity contribution is -0.167. The van der Waals surface area contributed by atoms with E-state index >= 15 is 0 Å². The smallest absolute Gasteiger partial charge is 0.306 e. The predicted molar refractivity (Wildman–Crippen MR) is 274 cm³/mol. The van der Waals surface area contributed by atoms with Crippen molar-refractivity contribution in [2.45, 2.75) is 200 Å². The van der Waals surface area contributed by atoms with Gasteiger partial charge in [0.05, 0.1) is 0 Å². The number of unbranched alkanes of at least 4 members (excludes halogenated alkanes) is 14. The van der Waals surface area contributed by atoms with Crippen LogP contribution >= 0.6 is 0 Å². The average Bonchev–Trinajstić information content (AvgIpc) is 3.29. The number of allylic oxidation sites excluding steroid dienone is 22. The molecule has 0 aromatic rings. The highest BCUT2D eigenvalue weighted by Gasteiger charge is 2.19. The van der Waals surface area contributed by atoms with E-state index in [2.05, 4.69) is 106 Å². The van der Waals surface area contributed by atoms with E-state index in [4.69, 9.17) is 14.2 Å². The van der Waals surface area contributed by atoms with Crippen molar-refractivity contribution in [1.29, 1.82) is 0 Å². The SMILES string of the molecule is CC\C=C/C=C\C=C/C=C\C=C/CCCCCC(=O)OC(COC(=O)CCCCCCC/C=C\C/C=C\CC)COC(=O)CCCCCCCC/C=C\C/C=C\C/C=C\C/C=C\CC. The van der Waals surface area contributed by atoms with Crippen molar-refractivity contribution < 1.29 is 28.6 Å². The molecule has 0 aliphatic heterocycles. The molecule has 0 rings (SSSR count). The second kappa shape index (κ2) is 51.2. The van der Waals surface area contributed by atoms with Gasteiger partial charge in [-0.3, -0.25) is 14.4 Å². The molecule has 0 aliphatic rings. The fraction of sp³-hybridized carbons (Fsp3) is 0.569. The molecule has 0 amide bonds. The van der Waals surface area contributed by atoms with E-state index in [0.29, 0.717) is 19.3 Å². The molecule has 0 N–H and O–H groups in total. The fourth-order valence-corrected chi connectivity index (χ4v) is 6.31. The third kappa shape index (κ3) is 48.6. The molecule has 0 saturated heterocycles. The molecular weight excluding hydrogens is 793 g/mol. The maximum absolute atomic E-state index is 12.8. The highest BCUT2D eigenvalue weighted by Crippen LogP contribution is 2.13. The van der Waals surface area contributed by atoms with E-state index in [1.807, 2.05) is 48.6 Å². The molecule has 0 fully saturated rings. The quantitative estimate of drug-likeness (QED) is 0.0200. The van der Waals surface area contributed by atoms with Crippen molar-refractivity contribution in [3.8, 4) is 0 Å². The van der Waals surface area contributed by atoms with Gasteiger partial charge in [0.2, 0.25) is 0 Å². The first kappa shape index (κ1) is 59.5. The number of hydrogen-bond acceptors (Lipinski definition) is 6. The Labute approximate surface area is 392 Å². The Balaban J connectivity index is 4.51. The van der Waals surface area contributed by atoms with Gasteiger partial charge in [0, 0.05) is 19.3 Å². The van der Waals surface area contributed by atoms with Gasteiger partial charge >= 0.3 is 17.9 Å². The summed E-state index contributed by atoms with van der Waals surface area (Å²) in [5, 5.41) is 0. The maximum atomic E-state index is 12.8. The number of hydrogen-bond donors (Lipinski definition) is 0. The van der Waals surface area contributed by atoms with E-state index in [1.165, 1.54) is 12.8 Å². The highest BCUT2D eigenvalue weighted by atomic mass is 16.6. The monoisotopic (exact) mass is 883 g/mol. The molecular formula is C58H90O6. The van der Waals surface area contributed by atoms with Crippen LogP contribution in [0.25, 0.3) is 0 Å². The summed E-state index contributed by atoms with van der Waals surface area (Å²) in [6.07, 6.45) is 71.5. The largest absolute Gasteiger partial charge is 0.462 e. The van der Waals surface area contributed by atoms with Crippen LogP contribution in [-0.4, -0.2) is 37.2 Å². The van der Waals surface area contributed by atoms with E-state index in [0.717, 1.165) is 135 Å². The van der Waals surface area contributed by atoms with Crippen LogP contribution in [0.5, 0.6) is 0 Å². The summed E-state index contributed by atoms with van der Waals surface area (Å²) >= 11 is 0. The van der Waals surface area contributed by atoms with Gasteiger partial charge in [-0.2, -0.15) is 0 Å². The summed E-state index contributed by atoms with van der Waals surface area (Å²) in [4.78, 5) is 38.0. The Morgan fingerprint density at radius 2 is 0.641 bits per heavy atom. The lowest BCUT2D eigenvalue weighted by Gasteiger charge is -2.18. The van der Waals surface area contributed by atoms with E-state index in [9.17, 15) is 14.4 Å². The molecule has 0 bridgehead atoms. The molecule has 64 heavy (non-hydrogen) atoms. The van der Waals surface area contributed by atoms with E-state index < -0.39 is 6.10 Å². The number of carbonyl (C=O) groups excluding carboxylic acids is 3. The minimum Gasteiger partial charge on any atom is -0.462 e. The summed E-state index contributed by atoms with van der Waals surface area (Å²) < 4.78 is 16.7. The predicted octanol–water partition coefficient (Wildman–Crippen LogP) is 16.7. The molecule has 6 heteroatoms. The average molecular weight is 883 g/mol. The van der Waals surface area contributed by atoms with Crippen LogP contribution in [-0.2, 0) is 28.6 Å². The van der Waals surface area contributed by atoms with Crippen LogP contribution in [0.2, 0.25) is 0 Å². The molecule has 0 aromatic carbocycles. The Morgan fingerprint density at radius 1 is 0.328 bits per heavy atom. The molecule has 0 radical (unpaired) electrons. The number of esters is 3. The molecule has 358 valence electrons. The maximum Gasteiger partial charge on any atom is 0.306 e. The van der Waals surface area contributed by atoms with Gasteiger partial charge in [-0.25, -0.2) is 0 Å².